The molecule has 1 heterocycles. The van der Waals surface area contributed by atoms with Crippen molar-refractivity contribution >= 4 is 17.4 Å². The SMILES string of the molecule is Cc1nnn(CO)c1-c1ccc(Cl)cc1C(=O)c1ccccc1. The van der Waals surface area contributed by atoms with E-state index in [0.29, 0.717) is 33.1 Å². The van der Waals surface area contributed by atoms with E-state index in [1.54, 1.807) is 37.3 Å². The average Bonchev–Trinajstić information content (AvgIpc) is 2.95. The maximum absolute atomic E-state index is 12.9. The van der Waals surface area contributed by atoms with Gasteiger partial charge in [0, 0.05) is 21.7 Å². The first-order chi connectivity index (χ1) is 11.1. The van der Waals surface area contributed by atoms with Crippen molar-refractivity contribution in [3.05, 3.63) is 70.4 Å². The zero-order chi connectivity index (χ0) is 16.4. The van der Waals surface area contributed by atoms with Crippen molar-refractivity contribution in [2.75, 3.05) is 0 Å². The Morgan fingerprint density at radius 1 is 1.22 bits per heavy atom. The van der Waals surface area contributed by atoms with Gasteiger partial charge in [-0.25, -0.2) is 4.68 Å². The van der Waals surface area contributed by atoms with Crippen LogP contribution in [0, 0.1) is 6.92 Å². The molecule has 1 aromatic heterocycles. The molecular weight excluding hydrogens is 314 g/mol. The Labute approximate surface area is 138 Å². The number of carbonyl (C=O) groups excluding carboxylic acids is 1. The third kappa shape index (κ3) is 2.88. The van der Waals surface area contributed by atoms with Crippen LogP contribution in [0.2, 0.25) is 5.02 Å². The van der Waals surface area contributed by atoms with Gasteiger partial charge in [-0.15, -0.1) is 5.10 Å². The summed E-state index contributed by atoms with van der Waals surface area (Å²) in [6.07, 6.45) is 0. The van der Waals surface area contributed by atoms with E-state index in [9.17, 15) is 9.90 Å². The number of nitrogens with zero attached hydrogens (tertiary/aromatic N) is 3. The number of hydrogen-bond acceptors (Lipinski definition) is 4. The largest absolute Gasteiger partial charge is 0.374 e. The molecule has 0 saturated carbocycles. The van der Waals surface area contributed by atoms with Gasteiger partial charge in [-0.05, 0) is 19.1 Å². The molecule has 116 valence electrons. The molecule has 0 aliphatic rings. The second-order valence-electron chi connectivity index (χ2n) is 5.05. The Hall–Kier alpha value is -2.50. The van der Waals surface area contributed by atoms with Gasteiger partial charge in [0.25, 0.3) is 0 Å². The van der Waals surface area contributed by atoms with Gasteiger partial charge in [0.05, 0.1) is 11.4 Å². The van der Waals surface area contributed by atoms with Crippen LogP contribution in [0.5, 0.6) is 0 Å². The highest BCUT2D eigenvalue weighted by Crippen LogP contribution is 2.29. The number of benzene rings is 2. The van der Waals surface area contributed by atoms with Crippen LogP contribution >= 0.6 is 11.6 Å². The zero-order valence-electron chi connectivity index (χ0n) is 12.4. The van der Waals surface area contributed by atoms with Gasteiger partial charge in [-0.3, -0.25) is 4.79 Å². The Morgan fingerprint density at radius 2 is 1.96 bits per heavy atom. The molecule has 23 heavy (non-hydrogen) atoms. The third-order valence-corrected chi connectivity index (χ3v) is 3.79. The molecule has 6 heteroatoms. The van der Waals surface area contributed by atoms with E-state index in [2.05, 4.69) is 10.3 Å². The number of aliphatic hydroxyl groups is 1. The molecule has 0 radical (unpaired) electrons. The fourth-order valence-electron chi connectivity index (χ4n) is 2.49. The molecule has 2 aromatic carbocycles. The standard InChI is InChI=1S/C17H14ClN3O2/c1-11-16(21(10-22)20-19-11)14-8-7-13(18)9-15(14)17(23)12-5-3-2-4-6-12/h2-9,22H,10H2,1H3. The van der Waals surface area contributed by atoms with E-state index >= 15 is 0 Å². The molecule has 0 atom stereocenters. The number of aromatic nitrogens is 3. The lowest BCUT2D eigenvalue weighted by atomic mass is 9.96. The molecule has 0 fully saturated rings. The summed E-state index contributed by atoms with van der Waals surface area (Å²) in [6.45, 7) is 1.46. The first kappa shape index (κ1) is 15.4. The summed E-state index contributed by atoms with van der Waals surface area (Å²) in [7, 11) is 0. The quantitative estimate of drug-likeness (QED) is 0.748. The average molecular weight is 328 g/mol. The predicted molar refractivity (Wildman–Crippen MR) is 87.3 cm³/mol. The van der Waals surface area contributed by atoms with Crippen LogP contribution in [0.15, 0.2) is 48.5 Å². The van der Waals surface area contributed by atoms with Gasteiger partial charge >= 0.3 is 0 Å². The molecule has 0 bridgehead atoms. The second kappa shape index (κ2) is 6.32. The summed E-state index contributed by atoms with van der Waals surface area (Å²) >= 11 is 6.08. The first-order valence-electron chi connectivity index (χ1n) is 7.02. The summed E-state index contributed by atoms with van der Waals surface area (Å²) in [5.41, 5.74) is 2.88. The van der Waals surface area contributed by atoms with Crippen LogP contribution in [0.4, 0.5) is 0 Å². The van der Waals surface area contributed by atoms with Gasteiger partial charge in [0.2, 0.25) is 0 Å². The lowest BCUT2D eigenvalue weighted by Crippen LogP contribution is -2.07. The molecular formula is C17H14ClN3O2. The van der Waals surface area contributed by atoms with Crippen molar-refractivity contribution in [1.29, 1.82) is 0 Å². The van der Waals surface area contributed by atoms with Crippen LogP contribution < -0.4 is 0 Å². The van der Waals surface area contributed by atoms with Crippen molar-refractivity contribution < 1.29 is 9.90 Å². The third-order valence-electron chi connectivity index (χ3n) is 3.55. The zero-order valence-corrected chi connectivity index (χ0v) is 13.2. The smallest absolute Gasteiger partial charge is 0.193 e. The Kier molecular flexibility index (Phi) is 4.23. The summed E-state index contributed by atoms with van der Waals surface area (Å²) in [6, 6.07) is 14.0. The lowest BCUT2D eigenvalue weighted by Gasteiger charge is -2.11. The van der Waals surface area contributed by atoms with Crippen molar-refractivity contribution in [1.82, 2.24) is 15.0 Å². The molecule has 0 spiro atoms. The van der Waals surface area contributed by atoms with Crippen LogP contribution in [0.3, 0.4) is 0 Å². The predicted octanol–water partition coefficient (Wildman–Crippen LogP) is 3.09. The van der Waals surface area contributed by atoms with Gasteiger partial charge in [0.1, 0.15) is 6.73 Å². The molecule has 0 unspecified atom stereocenters. The van der Waals surface area contributed by atoms with Gasteiger partial charge in [-0.1, -0.05) is 53.2 Å². The maximum atomic E-state index is 12.9. The summed E-state index contributed by atoms with van der Waals surface area (Å²) in [5, 5.41) is 17.8. The number of aryl methyl sites for hydroxylation is 1. The van der Waals surface area contributed by atoms with Crippen LogP contribution in [-0.2, 0) is 6.73 Å². The number of carbonyl (C=O) groups is 1. The van der Waals surface area contributed by atoms with Crippen LogP contribution in [-0.4, -0.2) is 25.9 Å². The van der Waals surface area contributed by atoms with Gasteiger partial charge in [-0.2, -0.15) is 0 Å². The normalized spacial score (nSPS) is 10.7. The number of aliphatic hydroxyl groups excluding tert-OH is 1. The lowest BCUT2D eigenvalue weighted by molar-refractivity contribution is 0.103. The first-order valence-corrected chi connectivity index (χ1v) is 7.40. The fraction of sp³-hybridized carbons (Fsp3) is 0.118. The molecule has 0 aliphatic heterocycles. The van der Waals surface area contributed by atoms with E-state index in [4.69, 9.17) is 11.6 Å². The van der Waals surface area contributed by atoms with Crippen molar-refractivity contribution in [2.24, 2.45) is 0 Å². The minimum atomic E-state index is -0.322. The summed E-state index contributed by atoms with van der Waals surface area (Å²) in [5.74, 6) is -0.145. The Bertz CT molecular complexity index is 860. The molecule has 0 amide bonds. The number of hydrogen-bond donors (Lipinski definition) is 1. The number of rotatable bonds is 4. The monoisotopic (exact) mass is 327 g/mol. The van der Waals surface area contributed by atoms with E-state index in [1.165, 1.54) is 4.68 Å². The highest BCUT2D eigenvalue weighted by Gasteiger charge is 2.20. The minimum absolute atomic E-state index is 0.145. The van der Waals surface area contributed by atoms with E-state index < -0.39 is 0 Å². The topological polar surface area (TPSA) is 68.0 Å². The van der Waals surface area contributed by atoms with E-state index in [0.717, 1.165) is 0 Å². The number of halogens is 1. The molecule has 0 aliphatic carbocycles. The van der Waals surface area contributed by atoms with Crippen molar-refractivity contribution in [2.45, 2.75) is 13.7 Å². The van der Waals surface area contributed by atoms with Gasteiger partial charge < -0.3 is 5.11 Å². The maximum Gasteiger partial charge on any atom is 0.193 e. The van der Waals surface area contributed by atoms with E-state index in [-0.39, 0.29) is 12.5 Å². The minimum Gasteiger partial charge on any atom is -0.374 e. The van der Waals surface area contributed by atoms with Crippen LogP contribution in [0.25, 0.3) is 11.3 Å². The molecule has 1 N–H and O–H groups in total. The fourth-order valence-corrected chi connectivity index (χ4v) is 2.66. The van der Waals surface area contributed by atoms with E-state index in [1.807, 2.05) is 18.2 Å². The molecule has 3 rings (SSSR count). The highest BCUT2D eigenvalue weighted by molar-refractivity contribution is 6.31. The summed E-state index contributed by atoms with van der Waals surface area (Å²) < 4.78 is 1.35. The summed E-state index contributed by atoms with van der Waals surface area (Å²) in [4.78, 5) is 12.9. The second-order valence-corrected chi connectivity index (χ2v) is 5.49. The molecule has 5 nitrogen and oxygen atoms in total. The Balaban J connectivity index is 2.20. The molecule has 3 aromatic rings. The highest BCUT2D eigenvalue weighted by atomic mass is 35.5. The van der Waals surface area contributed by atoms with Crippen molar-refractivity contribution in [3.8, 4) is 11.3 Å². The molecule has 0 saturated heterocycles. The van der Waals surface area contributed by atoms with Crippen LogP contribution in [0.1, 0.15) is 21.6 Å². The van der Waals surface area contributed by atoms with Gasteiger partial charge in [0.15, 0.2) is 5.78 Å². The van der Waals surface area contributed by atoms with Crippen molar-refractivity contribution in [3.63, 3.8) is 0 Å². The Morgan fingerprint density at radius 3 is 2.65 bits per heavy atom. The number of ketones is 1.